The number of ether oxygens (including phenoxy) is 1. The van der Waals surface area contributed by atoms with E-state index in [1.165, 1.54) is 12.1 Å². The number of hydrogen-bond donors (Lipinski definition) is 2. The zero-order valence-corrected chi connectivity index (χ0v) is 20.7. The van der Waals surface area contributed by atoms with Crippen LogP contribution in [0.25, 0.3) is 22.6 Å². The van der Waals surface area contributed by atoms with Gasteiger partial charge in [0.05, 0.1) is 29.4 Å². The van der Waals surface area contributed by atoms with E-state index in [0.717, 1.165) is 11.1 Å². The standard InChI is InChI=1S/C26H23N5O5S/c1-16-2-4-17(5-3-16)25-28-21-14-18(6-9-23(21)36-25)27-26(37)29-24(32)20-15-19(31(33)34)7-8-22(20)30-10-12-35-13-11-30/h2-9,14-15H,10-13H2,1H3,(H2,27,29,32,37). The fourth-order valence-electron chi connectivity index (χ4n) is 4.06. The molecule has 0 unspecified atom stereocenters. The number of anilines is 2. The molecule has 37 heavy (non-hydrogen) atoms. The van der Waals surface area contributed by atoms with Gasteiger partial charge in [0.1, 0.15) is 5.52 Å². The van der Waals surface area contributed by atoms with Crippen LogP contribution in [0, 0.1) is 17.0 Å². The molecule has 2 heterocycles. The number of rotatable bonds is 5. The summed E-state index contributed by atoms with van der Waals surface area (Å²) in [4.78, 5) is 30.5. The minimum atomic E-state index is -0.549. The van der Waals surface area contributed by atoms with E-state index in [2.05, 4.69) is 15.6 Å². The molecule has 5 rings (SSSR count). The summed E-state index contributed by atoms with van der Waals surface area (Å²) in [5, 5.41) is 17.0. The number of non-ortho nitro benzene ring substituents is 1. The Kier molecular flexibility index (Phi) is 6.80. The molecule has 0 bridgehead atoms. The first-order chi connectivity index (χ1) is 17.9. The van der Waals surface area contributed by atoms with Gasteiger partial charge in [0, 0.05) is 36.5 Å². The molecular formula is C26H23N5O5S. The topological polar surface area (TPSA) is 123 Å². The van der Waals surface area contributed by atoms with Crippen molar-refractivity contribution in [2.75, 3.05) is 36.5 Å². The van der Waals surface area contributed by atoms with Crippen molar-refractivity contribution in [3.63, 3.8) is 0 Å². The summed E-state index contributed by atoms with van der Waals surface area (Å²) < 4.78 is 11.3. The maximum absolute atomic E-state index is 13.1. The molecule has 0 aliphatic carbocycles. The van der Waals surface area contributed by atoms with Crippen LogP contribution >= 0.6 is 12.2 Å². The Bertz CT molecular complexity index is 1500. The molecule has 1 aliphatic rings. The molecule has 0 radical (unpaired) electrons. The zero-order valence-electron chi connectivity index (χ0n) is 19.9. The van der Waals surface area contributed by atoms with Crippen molar-refractivity contribution in [2.24, 2.45) is 0 Å². The number of oxazole rings is 1. The molecule has 1 aliphatic heterocycles. The molecule has 1 amide bonds. The third-order valence-corrected chi connectivity index (χ3v) is 6.16. The van der Waals surface area contributed by atoms with Crippen LogP contribution in [0.3, 0.4) is 0 Å². The van der Waals surface area contributed by atoms with E-state index in [1.54, 1.807) is 24.3 Å². The van der Waals surface area contributed by atoms with Crippen LogP contribution in [0.5, 0.6) is 0 Å². The fraction of sp³-hybridized carbons (Fsp3) is 0.192. The van der Waals surface area contributed by atoms with Gasteiger partial charge in [-0.1, -0.05) is 17.7 Å². The number of amides is 1. The van der Waals surface area contributed by atoms with E-state index < -0.39 is 10.8 Å². The summed E-state index contributed by atoms with van der Waals surface area (Å²) in [7, 11) is 0. The molecule has 11 heteroatoms. The van der Waals surface area contributed by atoms with Gasteiger partial charge in [-0.25, -0.2) is 4.98 Å². The van der Waals surface area contributed by atoms with E-state index in [-0.39, 0.29) is 16.4 Å². The number of hydrogen-bond acceptors (Lipinski definition) is 8. The lowest BCUT2D eigenvalue weighted by Gasteiger charge is -2.30. The van der Waals surface area contributed by atoms with Crippen LogP contribution in [0.2, 0.25) is 0 Å². The molecule has 188 valence electrons. The van der Waals surface area contributed by atoms with Crippen molar-refractivity contribution in [3.05, 3.63) is 81.9 Å². The van der Waals surface area contributed by atoms with Gasteiger partial charge < -0.3 is 19.4 Å². The number of nitro benzene ring substituents is 1. The van der Waals surface area contributed by atoms with Gasteiger partial charge in [-0.15, -0.1) is 0 Å². The van der Waals surface area contributed by atoms with Crippen molar-refractivity contribution >= 4 is 51.4 Å². The Hall–Kier alpha value is -4.35. The fourth-order valence-corrected chi connectivity index (χ4v) is 4.27. The molecule has 4 aromatic rings. The van der Waals surface area contributed by atoms with Crippen molar-refractivity contribution < 1.29 is 18.9 Å². The van der Waals surface area contributed by atoms with E-state index >= 15 is 0 Å². The van der Waals surface area contributed by atoms with Crippen LogP contribution in [0.4, 0.5) is 17.1 Å². The van der Waals surface area contributed by atoms with Gasteiger partial charge in [-0.2, -0.15) is 0 Å². The van der Waals surface area contributed by atoms with E-state index in [4.69, 9.17) is 21.4 Å². The highest BCUT2D eigenvalue weighted by molar-refractivity contribution is 7.80. The second-order valence-corrected chi connectivity index (χ2v) is 8.94. The number of aromatic nitrogens is 1. The molecule has 0 spiro atoms. The van der Waals surface area contributed by atoms with Gasteiger partial charge in [0.2, 0.25) is 5.89 Å². The molecule has 10 nitrogen and oxygen atoms in total. The number of nitrogens with one attached hydrogen (secondary N) is 2. The Balaban J connectivity index is 1.33. The smallest absolute Gasteiger partial charge is 0.270 e. The summed E-state index contributed by atoms with van der Waals surface area (Å²) in [5.41, 5.74) is 4.43. The number of carbonyl (C=O) groups is 1. The van der Waals surface area contributed by atoms with E-state index in [9.17, 15) is 14.9 Å². The van der Waals surface area contributed by atoms with E-state index in [0.29, 0.717) is 54.7 Å². The van der Waals surface area contributed by atoms with Crippen molar-refractivity contribution in [1.29, 1.82) is 0 Å². The van der Waals surface area contributed by atoms with Crippen molar-refractivity contribution in [3.8, 4) is 11.5 Å². The SMILES string of the molecule is Cc1ccc(-c2nc3cc(NC(=S)NC(=O)c4cc([N+](=O)[O-])ccc4N4CCOCC4)ccc3o2)cc1. The minimum absolute atomic E-state index is 0.0473. The van der Waals surface area contributed by atoms with Gasteiger partial charge >= 0.3 is 0 Å². The second kappa shape index (κ2) is 10.3. The summed E-state index contributed by atoms with van der Waals surface area (Å²) in [6.07, 6.45) is 0. The maximum atomic E-state index is 13.1. The maximum Gasteiger partial charge on any atom is 0.270 e. The average molecular weight is 518 g/mol. The third-order valence-electron chi connectivity index (χ3n) is 5.96. The molecular weight excluding hydrogens is 494 g/mol. The lowest BCUT2D eigenvalue weighted by atomic mass is 10.1. The van der Waals surface area contributed by atoms with Crippen LogP contribution < -0.4 is 15.5 Å². The van der Waals surface area contributed by atoms with E-state index in [1.807, 2.05) is 36.1 Å². The first-order valence-electron chi connectivity index (χ1n) is 11.6. The Morgan fingerprint density at radius 1 is 1.08 bits per heavy atom. The number of morpholine rings is 1. The number of nitro groups is 1. The van der Waals surface area contributed by atoms with Crippen molar-refractivity contribution in [1.82, 2.24) is 10.3 Å². The summed E-state index contributed by atoms with van der Waals surface area (Å²) in [5.74, 6) is -0.0452. The molecule has 3 aromatic carbocycles. The highest BCUT2D eigenvalue weighted by Gasteiger charge is 2.23. The lowest BCUT2D eigenvalue weighted by molar-refractivity contribution is -0.384. The summed E-state index contributed by atoms with van der Waals surface area (Å²) >= 11 is 5.36. The van der Waals surface area contributed by atoms with Crippen LogP contribution in [0.1, 0.15) is 15.9 Å². The molecule has 1 aromatic heterocycles. The number of thiocarbonyl (C=S) groups is 1. The van der Waals surface area contributed by atoms with Crippen LogP contribution in [0.15, 0.2) is 65.1 Å². The molecule has 2 N–H and O–H groups in total. The van der Waals surface area contributed by atoms with Crippen molar-refractivity contribution in [2.45, 2.75) is 6.92 Å². The molecule has 0 saturated carbocycles. The number of nitrogens with zero attached hydrogens (tertiary/aromatic N) is 3. The predicted molar refractivity (Wildman–Crippen MR) is 144 cm³/mol. The molecule has 1 fully saturated rings. The largest absolute Gasteiger partial charge is 0.436 e. The Labute approximate surface area is 217 Å². The van der Waals surface area contributed by atoms with Gasteiger partial charge in [0.25, 0.3) is 11.6 Å². The third kappa shape index (κ3) is 5.42. The first kappa shape index (κ1) is 24.3. The Morgan fingerprint density at radius 3 is 2.57 bits per heavy atom. The Morgan fingerprint density at radius 2 is 1.84 bits per heavy atom. The number of fused-ring (bicyclic) bond motifs is 1. The average Bonchev–Trinajstić information content (AvgIpc) is 3.32. The molecule has 1 saturated heterocycles. The number of benzene rings is 3. The predicted octanol–water partition coefficient (Wildman–Crippen LogP) is 4.67. The normalized spacial score (nSPS) is 13.4. The number of carbonyl (C=O) groups excluding carboxylic acids is 1. The highest BCUT2D eigenvalue weighted by atomic mass is 32.1. The minimum Gasteiger partial charge on any atom is -0.436 e. The van der Waals surface area contributed by atoms with Gasteiger partial charge in [-0.3, -0.25) is 20.2 Å². The van der Waals surface area contributed by atoms with Crippen LogP contribution in [-0.2, 0) is 4.74 Å². The van der Waals surface area contributed by atoms with Crippen LogP contribution in [-0.4, -0.2) is 47.2 Å². The summed E-state index contributed by atoms with van der Waals surface area (Å²) in [6, 6.07) is 17.4. The quantitative estimate of drug-likeness (QED) is 0.221. The van der Waals surface area contributed by atoms with Gasteiger partial charge in [0.15, 0.2) is 10.7 Å². The summed E-state index contributed by atoms with van der Waals surface area (Å²) in [6.45, 7) is 4.17. The highest BCUT2D eigenvalue weighted by Crippen LogP contribution is 2.28. The first-order valence-corrected chi connectivity index (χ1v) is 12.0. The second-order valence-electron chi connectivity index (χ2n) is 8.53. The number of aryl methyl sites for hydroxylation is 1. The molecule has 0 atom stereocenters. The van der Waals surface area contributed by atoms with Gasteiger partial charge in [-0.05, 0) is 55.5 Å². The zero-order chi connectivity index (χ0) is 25.9. The monoisotopic (exact) mass is 517 g/mol. The lowest BCUT2D eigenvalue weighted by Crippen LogP contribution is -2.39.